The van der Waals surface area contributed by atoms with E-state index in [-0.39, 0.29) is 18.9 Å². The predicted octanol–water partition coefficient (Wildman–Crippen LogP) is -3.25. The van der Waals surface area contributed by atoms with Crippen LogP contribution in [0.25, 0.3) is 0 Å². The Bertz CT molecular complexity index is 582. The Labute approximate surface area is 162 Å². The summed E-state index contributed by atoms with van der Waals surface area (Å²) in [4.78, 5) is 58.6. The van der Waals surface area contributed by atoms with Crippen molar-refractivity contribution in [2.24, 2.45) is 23.1 Å². The van der Waals surface area contributed by atoms with Gasteiger partial charge in [0.2, 0.25) is 23.6 Å². The standard InChI is InChI=1S/C16H30N6O6/c1-8(2)13(19)16(28)22-10(6-11(18)23)15(27)21-9(4-3-5-17)14(26)20-7-12(24)25/h8-10,13H,3-7,17,19H2,1-2H3,(H2,18,23)(H,20,26)(H,21,27)(H,22,28)(H,24,25)/t9-,10-,13-/m0/s1. The van der Waals surface area contributed by atoms with Crippen molar-refractivity contribution in [3.05, 3.63) is 0 Å². The second-order valence-corrected chi connectivity index (χ2v) is 6.61. The van der Waals surface area contributed by atoms with E-state index in [2.05, 4.69) is 16.0 Å². The summed E-state index contributed by atoms with van der Waals surface area (Å²) in [5.41, 5.74) is 16.3. The number of carbonyl (C=O) groups excluding carboxylic acids is 4. The smallest absolute Gasteiger partial charge is 0.322 e. The lowest BCUT2D eigenvalue weighted by Crippen LogP contribution is -2.57. The van der Waals surface area contributed by atoms with Crippen LogP contribution >= 0.6 is 0 Å². The normalized spacial score (nSPS) is 13.9. The van der Waals surface area contributed by atoms with Crippen molar-refractivity contribution in [3.8, 4) is 0 Å². The summed E-state index contributed by atoms with van der Waals surface area (Å²) in [5.74, 6) is -4.50. The molecule has 0 spiro atoms. The van der Waals surface area contributed by atoms with Crippen molar-refractivity contribution in [1.82, 2.24) is 16.0 Å². The minimum absolute atomic E-state index is 0.135. The quantitative estimate of drug-likeness (QED) is 0.165. The lowest BCUT2D eigenvalue weighted by atomic mass is 10.0. The summed E-state index contributed by atoms with van der Waals surface area (Å²) < 4.78 is 0. The molecule has 0 aromatic carbocycles. The molecule has 0 aliphatic rings. The van der Waals surface area contributed by atoms with Gasteiger partial charge in [-0.25, -0.2) is 0 Å². The SMILES string of the molecule is CC(C)[C@H](N)C(=O)N[C@@H](CC(N)=O)C(=O)N[C@@H](CCCN)C(=O)NCC(=O)O. The highest BCUT2D eigenvalue weighted by Gasteiger charge is 2.29. The summed E-state index contributed by atoms with van der Waals surface area (Å²) in [6.45, 7) is 3.04. The fraction of sp³-hybridized carbons (Fsp3) is 0.688. The van der Waals surface area contributed by atoms with E-state index in [0.717, 1.165) is 0 Å². The summed E-state index contributed by atoms with van der Waals surface area (Å²) in [6.07, 6.45) is 0.00961. The molecule has 12 nitrogen and oxygen atoms in total. The molecule has 0 aromatic heterocycles. The Hall–Kier alpha value is -2.73. The molecule has 28 heavy (non-hydrogen) atoms. The van der Waals surface area contributed by atoms with Crippen molar-refractivity contribution in [3.63, 3.8) is 0 Å². The highest BCUT2D eigenvalue weighted by atomic mass is 16.4. The van der Waals surface area contributed by atoms with Gasteiger partial charge < -0.3 is 38.3 Å². The van der Waals surface area contributed by atoms with Crippen LogP contribution in [0.15, 0.2) is 0 Å². The van der Waals surface area contributed by atoms with E-state index in [1.54, 1.807) is 13.8 Å². The van der Waals surface area contributed by atoms with Crippen LogP contribution in [0.4, 0.5) is 0 Å². The zero-order chi connectivity index (χ0) is 21.9. The van der Waals surface area contributed by atoms with Crippen LogP contribution in [0.3, 0.4) is 0 Å². The topological polar surface area (TPSA) is 220 Å². The molecule has 0 saturated carbocycles. The first kappa shape index (κ1) is 25.3. The Morgan fingerprint density at radius 3 is 2.00 bits per heavy atom. The molecule has 10 N–H and O–H groups in total. The van der Waals surface area contributed by atoms with Crippen LogP contribution in [0.2, 0.25) is 0 Å². The monoisotopic (exact) mass is 402 g/mol. The van der Waals surface area contributed by atoms with Crippen molar-refractivity contribution in [1.29, 1.82) is 0 Å². The maximum absolute atomic E-state index is 12.5. The van der Waals surface area contributed by atoms with E-state index in [1.165, 1.54) is 0 Å². The number of rotatable bonds is 13. The summed E-state index contributed by atoms with van der Waals surface area (Å²) in [7, 11) is 0. The van der Waals surface area contributed by atoms with Gasteiger partial charge in [-0.15, -0.1) is 0 Å². The summed E-state index contributed by atoms with van der Waals surface area (Å²) >= 11 is 0. The highest BCUT2D eigenvalue weighted by molar-refractivity contribution is 5.95. The lowest BCUT2D eigenvalue weighted by molar-refractivity contribution is -0.138. The molecule has 0 aliphatic heterocycles. The number of carbonyl (C=O) groups is 5. The zero-order valence-electron chi connectivity index (χ0n) is 16.1. The first-order valence-corrected chi connectivity index (χ1v) is 8.83. The molecular formula is C16H30N6O6. The molecular weight excluding hydrogens is 372 g/mol. The van der Waals surface area contributed by atoms with Gasteiger partial charge in [-0.05, 0) is 25.3 Å². The number of aliphatic carboxylic acids is 1. The molecule has 0 aliphatic carbocycles. The van der Waals surface area contributed by atoms with Gasteiger partial charge in [0.05, 0.1) is 12.5 Å². The molecule has 4 amide bonds. The van der Waals surface area contributed by atoms with Crippen LogP contribution < -0.4 is 33.2 Å². The van der Waals surface area contributed by atoms with Crippen LogP contribution in [0.1, 0.15) is 33.1 Å². The Morgan fingerprint density at radius 1 is 0.964 bits per heavy atom. The molecule has 0 radical (unpaired) electrons. The number of carboxylic acid groups (broad SMARTS) is 1. The number of nitrogens with one attached hydrogen (secondary N) is 3. The maximum atomic E-state index is 12.5. The molecule has 0 heterocycles. The summed E-state index contributed by atoms with van der Waals surface area (Å²) in [5, 5.41) is 15.6. The number of primary amides is 1. The fourth-order valence-electron chi connectivity index (χ4n) is 2.13. The van der Waals surface area contributed by atoms with E-state index in [0.29, 0.717) is 6.42 Å². The minimum atomic E-state index is -1.33. The number of amides is 4. The first-order chi connectivity index (χ1) is 13.0. The third kappa shape index (κ3) is 9.83. The largest absolute Gasteiger partial charge is 0.480 e. The van der Waals surface area contributed by atoms with Gasteiger partial charge in [-0.3, -0.25) is 24.0 Å². The number of hydrogen-bond acceptors (Lipinski definition) is 7. The van der Waals surface area contributed by atoms with Crippen molar-refractivity contribution >= 4 is 29.6 Å². The Kier molecular flexibility index (Phi) is 11.4. The van der Waals surface area contributed by atoms with Gasteiger partial charge in [0.25, 0.3) is 0 Å². The molecule has 12 heteroatoms. The van der Waals surface area contributed by atoms with Crippen LogP contribution in [-0.2, 0) is 24.0 Å². The summed E-state index contributed by atoms with van der Waals surface area (Å²) in [6, 6.07) is -3.33. The van der Waals surface area contributed by atoms with Gasteiger partial charge in [-0.2, -0.15) is 0 Å². The van der Waals surface area contributed by atoms with Gasteiger partial charge in [0, 0.05) is 0 Å². The predicted molar refractivity (Wildman–Crippen MR) is 99.4 cm³/mol. The molecule has 0 rings (SSSR count). The number of nitrogens with two attached hydrogens (primary N) is 3. The number of hydrogen-bond donors (Lipinski definition) is 7. The average Bonchev–Trinajstić information content (AvgIpc) is 2.60. The molecule has 0 aromatic rings. The van der Waals surface area contributed by atoms with Crippen molar-refractivity contribution < 1.29 is 29.1 Å². The van der Waals surface area contributed by atoms with E-state index < -0.39 is 60.7 Å². The highest BCUT2D eigenvalue weighted by Crippen LogP contribution is 2.03. The van der Waals surface area contributed by atoms with E-state index in [1.807, 2.05) is 0 Å². The van der Waals surface area contributed by atoms with Crippen LogP contribution in [0.5, 0.6) is 0 Å². The minimum Gasteiger partial charge on any atom is -0.480 e. The third-order valence-corrected chi connectivity index (χ3v) is 3.80. The molecule has 3 atom stereocenters. The second-order valence-electron chi connectivity index (χ2n) is 6.61. The maximum Gasteiger partial charge on any atom is 0.322 e. The lowest BCUT2D eigenvalue weighted by Gasteiger charge is -2.24. The Balaban J connectivity index is 5.22. The van der Waals surface area contributed by atoms with Crippen LogP contribution in [-0.4, -0.2) is 65.9 Å². The van der Waals surface area contributed by atoms with Crippen LogP contribution in [0, 0.1) is 5.92 Å². The van der Waals surface area contributed by atoms with E-state index in [9.17, 15) is 24.0 Å². The second kappa shape index (κ2) is 12.6. The van der Waals surface area contributed by atoms with Gasteiger partial charge in [0.1, 0.15) is 18.6 Å². The number of carboxylic acids is 1. The first-order valence-electron chi connectivity index (χ1n) is 8.83. The zero-order valence-corrected chi connectivity index (χ0v) is 16.1. The van der Waals surface area contributed by atoms with Gasteiger partial charge >= 0.3 is 5.97 Å². The molecule has 0 unspecified atom stereocenters. The van der Waals surface area contributed by atoms with E-state index in [4.69, 9.17) is 22.3 Å². The third-order valence-electron chi connectivity index (χ3n) is 3.80. The van der Waals surface area contributed by atoms with Crippen molar-refractivity contribution in [2.75, 3.05) is 13.1 Å². The molecule has 0 fully saturated rings. The average molecular weight is 402 g/mol. The Morgan fingerprint density at radius 2 is 1.54 bits per heavy atom. The van der Waals surface area contributed by atoms with Gasteiger partial charge in [0.15, 0.2) is 0 Å². The fourth-order valence-corrected chi connectivity index (χ4v) is 2.13. The molecule has 0 bridgehead atoms. The van der Waals surface area contributed by atoms with E-state index >= 15 is 0 Å². The molecule has 160 valence electrons. The van der Waals surface area contributed by atoms with Gasteiger partial charge in [-0.1, -0.05) is 13.8 Å². The van der Waals surface area contributed by atoms with Crippen molar-refractivity contribution in [2.45, 2.75) is 51.2 Å². The molecule has 0 saturated heterocycles.